The average molecular weight is 529 g/mol. The highest BCUT2D eigenvalue weighted by molar-refractivity contribution is 5.89. The van der Waals surface area contributed by atoms with Crippen LogP contribution in [0.1, 0.15) is 23.9 Å². The number of nitrogens with one attached hydrogen (secondary N) is 2. The van der Waals surface area contributed by atoms with Gasteiger partial charge in [0.15, 0.2) is 0 Å². The van der Waals surface area contributed by atoms with E-state index in [0.29, 0.717) is 34.7 Å². The molecule has 2 aromatic carbocycles. The van der Waals surface area contributed by atoms with Crippen molar-refractivity contribution in [2.45, 2.75) is 13.3 Å². The molecule has 40 heavy (non-hydrogen) atoms. The molecule has 6 nitrogen and oxygen atoms in total. The van der Waals surface area contributed by atoms with Gasteiger partial charge in [-0.25, -0.2) is 9.37 Å². The molecule has 0 amide bonds. The molecular weight excluding hydrogens is 499 g/mol. The van der Waals surface area contributed by atoms with Gasteiger partial charge in [0.05, 0.1) is 17.4 Å². The Bertz CT molecular complexity index is 1760. The lowest BCUT2D eigenvalue weighted by Gasteiger charge is -2.12. The van der Waals surface area contributed by atoms with Crippen LogP contribution in [0.5, 0.6) is 0 Å². The van der Waals surface area contributed by atoms with Crippen LogP contribution in [0.3, 0.4) is 0 Å². The first kappa shape index (κ1) is 26.3. The second-order valence-corrected chi connectivity index (χ2v) is 9.27. The molecule has 0 aliphatic carbocycles. The van der Waals surface area contributed by atoms with Gasteiger partial charge in [0.2, 0.25) is 0 Å². The molecule has 4 N–H and O–H groups in total. The first-order valence-electron chi connectivity index (χ1n) is 12.8. The van der Waals surface area contributed by atoms with Crippen molar-refractivity contribution in [2.75, 3.05) is 5.32 Å². The summed E-state index contributed by atoms with van der Waals surface area (Å²) >= 11 is 0. The van der Waals surface area contributed by atoms with Gasteiger partial charge in [-0.15, -0.1) is 0 Å². The van der Waals surface area contributed by atoms with Gasteiger partial charge in [-0.05, 0) is 54.0 Å². The zero-order valence-corrected chi connectivity index (χ0v) is 22.2. The fourth-order valence-electron chi connectivity index (χ4n) is 4.39. The lowest BCUT2D eigenvalue weighted by atomic mass is 10.0. The number of pyridine rings is 2. The van der Waals surface area contributed by atoms with Crippen LogP contribution in [-0.2, 0) is 6.42 Å². The molecule has 0 bridgehead atoms. The van der Waals surface area contributed by atoms with Crippen molar-refractivity contribution in [3.63, 3.8) is 0 Å². The van der Waals surface area contributed by atoms with E-state index in [9.17, 15) is 4.39 Å². The van der Waals surface area contributed by atoms with Crippen molar-refractivity contribution in [3.05, 3.63) is 145 Å². The lowest BCUT2D eigenvalue weighted by Crippen LogP contribution is -2.05. The molecule has 0 fully saturated rings. The Morgan fingerprint density at radius 2 is 1.80 bits per heavy atom. The Morgan fingerprint density at radius 1 is 1.02 bits per heavy atom. The maximum absolute atomic E-state index is 14.5. The van der Waals surface area contributed by atoms with Crippen LogP contribution in [-0.4, -0.2) is 19.9 Å². The number of halogens is 1. The summed E-state index contributed by atoms with van der Waals surface area (Å²) in [6, 6.07) is 20.2. The van der Waals surface area contributed by atoms with Crippen LogP contribution in [0.4, 0.5) is 10.1 Å². The minimum Gasteiger partial charge on any atom is -0.399 e. The van der Waals surface area contributed by atoms with E-state index < -0.39 is 0 Å². The molecule has 0 spiro atoms. The number of allylic oxidation sites excluding steroid dienone is 4. The predicted molar refractivity (Wildman–Crippen MR) is 161 cm³/mol. The minimum atomic E-state index is -0.347. The van der Waals surface area contributed by atoms with Crippen LogP contribution in [0, 0.1) is 5.82 Å². The number of nitrogens with zero attached hydrogens (tertiary/aromatic N) is 3. The van der Waals surface area contributed by atoms with Crippen molar-refractivity contribution in [1.82, 2.24) is 19.9 Å². The number of nitrogens with two attached hydrogens (primary N) is 1. The first-order valence-corrected chi connectivity index (χ1v) is 12.8. The highest BCUT2D eigenvalue weighted by atomic mass is 19.1. The third-order valence-corrected chi connectivity index (χ3v) is 6.49. The maximum Gasteiger partial charge on any atom is 0.132 e. The molecule has 0 saturated carbocycles. The van der Waals surface area contributed by atoms with Crippen LogP contribution < -0.4 is 11.1 Å². The van der Waals surface area contributed by atoms with Gasteiger partial charge in [0, 0.05) is 41.3 Å². The van der Waals surface area contributed by atoms with Crippen LogP contribution >= 0.6 is 0 Å². The van der Waals surface area contributed by atoms with Gasteiger partial charge in [-0.3, -0.25) is 9.97 Å². The quantitative estimate of drug-likeness (QED) is 0.175. The van der Waals surface area contributed by atoms with Gasteiger partial charge in [0.25, 0.3) is 0 Å². The summed E-state index contributed by atoms with van der Waals surface area (Å²) in [5.74, 6) is 0.330. The molecule has 198 valence electrons. The van der Waals surface area contributed by atoms with Crippen molar-refractivity contribution < 1.29 is 4.39 Å². The van der Waals surface area contributed by atoms with Crippen molar-refractivity contribution >= 4 is 28.0 Å². The molecule has 0 saturated heterocycles. The van der Waals surface area contributed by atoms with E-state index in [2.05, 4.69) is 33.4 Å². The second kappa shape index (κ2) is 11.6. The van der Waals surface area contributed by atoms with Gasteiger partial charge in [-0.1, -0.05) is 61.7 Å². The number of benzene rings is 2. The molecule has 0 aliphatic heterocycles. The molecule has 3 heterocycles. The summed E-state index contributed by atoms with van der Waals surface area (Å²) in [6.07, 6.45) is 9.33. The van der Waals surface area contributed by atoms with Gasteiger partial charge >= 0.3 is 0 Å². The summed E-state index contributed by atoms with van der Waals surface area (Å²) in [5, 5.41) is 3.32. The normalized spacial score (nSPS) is 11.9. The summed E-state index contributed by atoms with van der Waals surface area (Å²) in [5.41, 5.74) is 14.2. The highest BCUT2D eigenvalue weighted by Gasteiger charge is 2.15. The van der Waals surface area contributed by atoms with Crippen molar-refractivity contribution in [3.8, 4) is 11.3 Å². The van der Waals surface area contributed by atoms with Crippen molar-refractivity contribution in [2.24, 2.45) is 5.73 Å². The van der Waals surface area contributed by atoms with E-state index in [1.807, 2.05) is 61.5 Å². The number of H-pyrrole nitrogens is 1. The largest absolute Gasteiger partial charge is 0.399 e. The number of fused-ring (bicyclic) bond motifs is 1. The Morgan fingerprint density at radius 3 is 2.58 bits per heavy atom. The smallest absolute Gasteiger partial charge is 0.132 e. The van der Waals surface area contributed by atoms with E-state index in [1.165, 1.54) is 6.07 Å². The zero-order valence-electron chi connectivity index (χ0n) is 22.2. The van der Waals surface area contributed by atoms with Gasteiger partial charge in [-0.2, -0.15) is 0 Å². The van der Waals surface area contributed by atoms with Crippen molar-refractivity contribution in [1.29, 1.82) is 0 Å². The topological polar surface area (TPSA) is 92.5 Å². The summed E-state index contributed by atoms with van der Waals surface area (Å²) in [6.45, 7) is 10.3. The Balaban J connectivity index is 1.41. The number of aromatic nitrogens is 4. The zero-order chi connectivity index (χ0) is 28.1. The number of imidazole rings is 1. The summed E-state index contributed by atoms with van der Waals surface area (Å²) in [4.78, 5) is 16.9. The second-order valence-electron chi connectivity index (χ2n) is 9.27. The van der Waals surface area contributed by atoms with Gasteiger partial charge in [0.1, 0.15) is 22.9 Å². The number of aromatic amines is 1. The van der Waals surface area contributed by atoms with E-state index >= 15 is 0 Å². The Labute approximate surface area is 232 Å². The van der Waals surface area contributed by atoms with E-state index in [-0.39, 0.29) is 5.82 Å². The third kappa shape index (κ3) is 5.73. The standard InChI is InChI=1S/C33H29FN6/c1-4-29(35)24(16-21(2)25-17-26(20-36-19-25)38-22(3)23-10-6-5-7-11-23)18-31-39-30-14-15-37-32(33(30)40-31)27-12-8-9-13-28(27)34/h4-17,19-20,38H,2-3,18,35H2,1H3,(H,39,40)/b24-16-,29-4+. The van der Waals surface area contributed by atoms with Crippen LogP contribution in [0.2, 0.25) is 0 Å². The summed E-state index contributed by atoms with van der Waals surface area (Å²) in [7, 11) is 0. The molecular formula is C33H29FN6. The molecule has 5 aromatic rings. The monoisotopic (exact) mass is 528 g/mol. The minimum absolute atomic E-state index is 0.347. The fourth-order valence-corrected chi connectivity index (χ4v) is 4.39. The highest BCUT2D eigenvalue weighted by Crippen LogP contribution is 2.28. The fraction of sp³-hybridized carbons (Fsp3) is 0.0606. The number of hydrogen-bond donors (Lipinski definition) is 3. The van der Waals surface area contributed by atoms with E-state index in [0.717, 1.165) is 39.2 Å². The molecule has 0 aliphatic rings. The lowest BCUT2D eigenvalue weighted by molar-refractivity contribution is 0.631. The first-order chi connectivity index (χ1) is 19.4. The predicted octanol–water partition coefficient (Wildman–Crippen LogP) is 7.29. The molecule has 7 heteroatoms. The number of rotatable bonds is 9. The van der Waals surface area contributed by atoms with Crippen LogP contribution in [0.15, 0.2) is 122 Å². The Hall–Kier alpha value is -5.30. The third-order valence-electron chi connectivity index (χ3n) is 6.49. The van der Waals surface area contributed by atoms with Crippen LogP contribution in [0.25, 0.3) is 33.6 Å². The molecule has 3 aromatic heterocycles. The Kier molecular flexibility index (Phi) is 7.64. The van der Waals surface area contributed by atoms with E-state index in [4.69, 9.17) is 10.7 Å². The molecule has 0 unspecified atom stereocenters. The van der Waals surface area contributed by atoms with Gasteiger partial charge < -0.3 is 16.0 Å². The number of anilines is 1. The summed E-state index contributed by atoms with van der Waals surface area (Å²) < 4.78 is 14.5. The van der Waals surface area contributed by atoms with E-state index in [1.54, 1.807) is 36.8 Å². The molecule has 0 atom stereocenters. The average Bonchev–Trinajstić information content (AvgIpc) is 3.40. The number of hydrogen-bond acceptors (Lipinski definition) is 5. The SMILES string of the molecule is C=C(/C=C(Cc1nc2c(-c3ccccc3F)nccc2[nH]1)\C(N)=C/C)c1cncc(NC(=C)c2ccccc2)c1. The molecule has 0 radical (unpaired) electrons. The molecule has 5 rings (SSSR count). The maximum atomic E-state index is 14.5.